The Kier molecular flexibility index (Phi) is 16.3. The lowest BCUT2D eigenvalue weighted by Crippen LogP contribution is -2.40. The second-order valence-corrected chi connectivity index (χ2v) is 18.2. The maximum atomic E-state index is 13.8. The molecule has 70 heavy (non-hydrogen) atoms. The molecule has 2 aromatic heterocycles. The van der Waals surface area contributed by atoms with Gasteiger partial charge in [0.15, 0.2) is 0 Å². The summed E-state index contributed by atoms with van der Waals surface area (Å²) in [6, 6.07) is 22.4. The second-order valence-electron chi connectivity index (χ2n) is 16.7. The summed E-state index contributed by atoms with van der Waals surface area (Å²) >= 11 is 27.8. The van der Waals surface area contributed by atoms with Gasteiger partial charge in [0.2, 0.25) is 5.69 Å². The zero-order valence-electron chi connectivity index (χ0n) is 37.4. The number of piperidine rings is 2. The van der Waals surface area contributed by atoms with Crippen LogP contribution in [0.5, 0.6) is 23.0 Å². The molecular formula is C52H44Cl4N6O8. The fourth-order valence-corrected chi connectivity index (χ4v) is 9.02. The van der Waals surface area contributed by atoms with Crippen molar-refractivity contribution < 1.29 is 38.7 Å². The van der Waals surface area contributed by atoms with Gasteiger partial charge < -0.3 is 39.0 Å². The van der Waals surface area contributed by atoms with Crippen molar-refractivity contribution in [3.8, 4) is 40.2 Å². The number of ether oxygens (including phenoxy) is 4. The number of nitrogens with zero attached hydrogens (tertiary/aromatic N) is 6. The molecular weight excluding hydrogens is 978 g/mol. The van der Waals surface area contributed by atoms with Crippen LogP contribution < -0.4 is 18.9 Å². The van der Waals surface area contributed by atoms with Gasteiger partial charge >= 0.3 is 0 Å². The number of carbonyl (C=O) groups is 2. The minimum absolute atomic E-state index is 0.00219. The number of aromatic nitrogens is 2. The van der Waals surface area contributed by atoms with Crippen LogP contribution >= 0.6 is 46.4 Å². The highest BCUT2D eigenvalue weighted by molar-refractivity contribution is 6.37. The van der Waals surface area contributed by atoms with Crippen LogP contribution in [0.4, 0.5) is 5.69 Å². The number of benzene rings is 4. The van der Waals surface area contributed by atoms with E-state index in [9.17, 15) is 25.1 Å². The summed E-state index contributed by atoms with van der Waals surface area (Å²) in [5, 5.41) is 30.5. The number of hydrogen-bond donors (Lipinski definition) is 2. The SMILES string of the molecule is [C-]#[N+]c1cncc(COc2cc(OCc3cccc(-c4cccc(COc5cc(OCc6cncc(C#N)c6)c(C(=O)N6CCC(O)CC6)cc5Cl)c4Cl)c3Cl)c(Cl)cc2C(=O)N2CCC(O)CC2)c1. The first-order valence-corrected chi connectivity index (χ1v) is 23.7. The van der Waals surface area contributed by atoms with Gasteiger partial charge in [-0.2, -0.15) is 5.26 Å². The zero-order valence-corrected chi connectivity index (χ0v) is 40.4. The highest BCUT2D eigenvalue weighted by atomic mass is 35.5. The lowest BCUT2D eigenvalue weighted by Gasteiger charge is -2.30. The van der Waals surface area contributed by atoms with Crippen LogP contribution in [0, 0.1) is 17.9 Å². The number of rotatable bonds is 15. The molecule has 0 spiro atoms. The first kappa shape index (κ1) is 49.8. The Morgan fingerprint density at radius 3 is 1.53 bits per heavy atom. The van der Waals surface area contributed by atoms with Crippen molar-refractivity contribution in [1.82, 2.24) is 19.8 Å². The molecule has 0 radical (unpaired) electrons. The summed E-state index contributed by atoms with van der Waals surface area (Å²) in [5.41, 5.74) is 4.82. The van der Waals surface area contributed by atoms with Crippen LogP contribution in [-0.4, -0.2) is 80.2 Å². The Hall–Kier alpha value is -6.62. The van der Waals surface area contributed by atoms with Gasteiger partial charge in [0.05, 0.1) is 55.6 Å². The molecule has 4 aromatic carbocycles. The van der Waals surface area contributed by atoms with Crippen molar-refractivity contribution in [3.63, 3.8) is 0 Å². The molecule has 0 atom stereocenters. The number of aliphatic hydroxyl groups excluding tert-OH is 2. The van der Waals surface area contributed by atoms with Gasteiger partial charge in [0, 0.05) is 90.9 Å². The summed E-state index contributed by atoms with van der Waals surface area (Å²) in [6.45, 7) is 8.80. The number of hydrogen-bond acceptors (Lipinski definition) is 11. The minimum Gasteiger partial charge on any atom is -0.488 e. The molecule has 358 valence electrons. The lowest BCUT2D eigenvalue weighted by atomic mass is 10.0. The monoisotopic (exact) mass is 1020 g/mol. The molecule has 2 amide bonds. The molecule has 0 bridgehead atoms. The standard InChI is InChI=1S/C52H44Cl4N6O8/c1-58-36-17-33(25-60-26-36)28-68-46-21-48(44(54)19-42(46)52(66)62-14-10-38(64)11-15-62)70-30-35-5-3-7-40(50(35)56)39-6-2-4-34(49(39)55)29-69-47-20-45(67-27-32-16-31(22-57)23-59-24-32)41(18-43(47)53)51(65)61-12-8-37(63)9-13-61/h2-7,16-21,23-26,37-38,63-64H,8-15,27-30H2. The molecule has 2 aliphatic rings. The number of nitriles is 1. The minimum atomic E-state index is -0.475. The summed E-state index contributed by atoms with van der Waals surface area (Å²) < 4.78 is 24.9. The molecule has 2 saturated heterocycles. The number of amides is 2. The smallest absolute Gasteiger partial charge is 0.257 e. The van der Waals surface area contributed by atoms with Gasteiger partial charge in [0.25, 0.3) is 11.8 Å². The Balaban J connectivity index is 1.01. The molecule has 6 aromatic rings. The summed E-state index contributed by atoms with van der Waals surface area (Å²) in [5.74, 6) is 0.262. The van der Waals surface area contributed by atoms with E-state index in [1.54, 1.807) is 58.6 Å². The van der Waals surface area contributed by atoms with E-state index in [0.717, 1.165) is 0 Å². The molecule has 4 heterocycles. The Labute approximate surface area is 424 Å². The summed E-state index contributed by atoms with van der Waals surface area (Å²) in [7, 11) is 0. The van der Waals surface area contributed by atoms with Crippen molar-refractivity contribution in [2.24, 2.45) is 0 Å². The molecule has 2 aliphatic heterocycles. The fourth-order valence-electron chi connectivity index (χ4n) is 8.02. The predicted octanol–water partition coefficient (Wildman–Crippen LogP) is 10.7. The van der Waals surface area contributed by atoms with Gasteiger partial charge in [-0.3, -0.25) is 19.6 Å². The fraction of sp³-hybridized carbons (Fsp3) is 0.269. The van der Waals surface area contributed by atoms with E-state index in [1.807, 2.05) is 24.3 Å². The molecule has 0 aliphatic carbocycles. The first-order chi connectivity index (χ1) is 33.9. The quantitative estimate of drug-likeness (QED) is 0.0938. The van der Waals surface area contributed by atoms with Gasteiger partial charge in [-0.05, 0) is 55.5 Å². The van der Waals surface area contributed by atoms with E-state index in [1.165, 1.54) is 24.5 Å². The summed E-state index contributed by atoms with van der Waals surface area (Å²) in [4.78, 5) is 42.6. The van der Waals surface area contributed by atoms with Crippen molar-refractivity contribution in [3.05, 3.63) is 168 Å². The Bertz CT molecular complexity index is 2800. The Morgan fingerprint density at radius 2 is 1.07 bits per heavy atom. The molecule has 18 heteroatoms. The highest BCUT2D eigenvalue weighted by Gasteiger charge is 2.28. The van der Waals surface area contributed by atoms with Crippen LogP contribution in [0.2, 0.25) is 20.1 Å². The van der Waals surface area contributed by atoms with Crippen LogP contribution in [0.1, 0.15) is 74.2 Å². The average molecular weight is 1020 g/mol. The normalized spacial score (nSPS) is 14.1. The average Bonchev–Trinajstić information content (AvgIpc) is 3.38. The van der Waals surface area contributed by atoms with E-state index < -0.39 is 12.2 Å². The highest BCUT2D eigenvalue weighted by Crippen LogP contribution is 2.41. The number of aliphatic hydroxyl groups is 2. The van der Waals surface area contributed by atoms with Crippen molar-refractivity contribution in [2.45, 2.75) is 64.3 Å². The van der Waals surface area contributed by atoms with Crippen LogP contribution in [0.15, 0.2) is 97.6 Å². The van der Waals surface area contributed by atoms with Gasteiger partial charge in [-0.25, -0.2) is 4.85 Å². The molecule has 14 nitrogen and oxygen atoms in total. The van der Waals surface area contributed by atoms with Crippen molar-refractivity contribution in [1.29, 1.82) is 5.26 Å². The van der Waals surface area contributed by atoms with E-state index in [2.05, 4.69) is 20.9 Å². The third kappa shape index (κ3) is 11.9. The largest absolute Gasteiger partial charge is 0.488 e. The van der Waals surface area contributed by atoms with E-state index in [0.29, 0.717) is 107 Å². The molecule has 2 N–H and O–H groups in total. The maximum absolute atomic E-state index is 13.8. The molecule has 0 saturated carbocycles. The first-order valence-electron chi connectivity index (χ1n) is 22.2. The van der Waals surface area contributed by atoms with Crippen LogP contribution in [0.3, 0.4) is 0 Å². The summed E-state index contributed by atoms with van der Waals surface area (Å²) in [6.07, 6.45) is 6.90. The van der Waals surface area contributed by atoms with E-state index in [4.69, 9.17) is 71.9 Å². The number of halogens is 4. The maximum Gasteiger partial charge on any atom is 0.257 e. The topological polar surface area (TPSA) is 172 Å². The second kappa shape index (κ2) is 22.9. The number of pyridine rings is 2. The van der Waals surface area contributed by atoms with Crippen LogP contribution in [0.25, 0.3) is 16.0 Å². The third-order valence-corrected chi connectivity index (χ3v) is 13.4. The van der Waals surface area contributed by atoms with E-state index in [-0.39, 0.29) is 82.4 Å². The molecule has 2 fully saturated rings. The Morgan fingerprint density at radius 1 is 0.629 bits per heavy atom. The lowest BCUT2D eigenvalue weighted by molar-refractivity contribution is 0.0532. The zero-order chi connectivity index (χ0) is 49.3. The predicted molar refractivity (Wildman–Crippen MR) is 264 cm³/mol. The van der Waals surface area contributed by atoms with Crippen LogP contribution in [-0.2, 0) is 26.4 Å². The van der Waals surface area contributed by atoms with Gasteiger partial charge in [-0.15, -0.1) is 0 Å². The van der Waals surface area contributed by atoms with Crippen molar-refractivity contribution in [2.75, 3.05) is 26.2 Å². The van der Waals surface area contributed by atoms with Gasteiger partial charge in [-0.1, -0.05) is 82.8 Å². The van der Waals surface area contributed by atoms with Gasteiger partial charge in [0.1, 0.15) is 55.5 Å². The molecule has 0 unspecified atom stereocenters. The third-order valence-electron chi connectivity index (χ3n) is 11.9. The van der Waals surface area contributed by atoms with Crippen molar-refractivity contribution >= 4 is 63.9 Å². The number of carbonyl (C=O) groups excluding carboxylic acids is 2. The number of likely N-dealkylation sites (tertiary alicyclic amines) is 2. The van der Waals surface area contributed by atoms with E-state index >= 15 is 0 Å². The molecule has 8 rings (SSSR count).